The Hall–Kier alpha value is -5.07. The third-order valence-corrected chi connectivity index (χ3v) is 11.1. The van der Waals surface area contributed by atoms with Gasteiger partial charge in [0.2, 0.25) is 5.91 Å². The summed E-state index contributed by atoms with van der Waals surface area (Å²) in [7, 11) is 0. The highest BCUT2D eigenvalue weighted by Gasteiger charge is 2.51. The van der Waals surface area contributed by atoms with Crippen molar-refractivity contribution in [3.63, 3.8) is 0 Å². The van der Waals surface area contributed by atoms with Crippen LogP contribution in [-0.4, -0.2) is 71.7 Å². The van der Waals surface area contributed by atoms with Crippen molar-refractivity contribution in [1.29, 1.82) is 0 Å². The molecule has 1 spiro atoms. The summed E-state index contributed by atoms with van der Waals surface area (Å²) in [6.07, 6.45) is 0.549. The molecule has 7 rings (SSSR count). The number of anilines is 2. The van der Waals surface area contributed by atoms with Gasteiger partial charge in [0.05, 0.1) is 31.5 Å². The lowest BCUT2D eigenvalue weighted by molar-refractivity contribution is -0.276. The first-order valence-electron chi connectivity index (χ1n) is 18.8. The fourth-order valence-corrected chi connectivity index (χ4v) is 7.96. The molecule has 282 valence electrons. The molecule has 3 aliphatic rings. The minimum atomic E-state index is -0.730. The lowest BCUT2D eigenvalue weighted by Gasteiger charge is -2.46. The van der Waals surface area contributed by atoms with E-state index in [0.717, 1.165) is 41.0 Å². The molecule has 1 unspecified atom stereocenters. The Morgan fingerprint density at radius 2 is 1.59 bits per heavy atom. The van der Waals surface area contributed by atoms with Crippen LogP contribution in [0.1, 0.15) is 61.3 Å². The van der Waals surface area contributed by atoms with Crippen molar-refractivity contribution in [3.05, 3.63) is 131 Å². The Kier molecular flexibility index (Phi) is 11.4. The van der Waals surface area contributed by atoms with Crippen molar-refractivity contribution in [2.24, 2.45) is 5.92 Å². The second kappa shape index (κ2) is 16.5. The first-order valence-corrected chi connectivity index (χ1v) is 18.8. The lowest BCUT2D eigenvalue weighted by Crippen LogP contribution is -2.57. The first kappa shape index (κ1) is 37.3. The number of ether oxygens (including phenoxy) is 2. The summed E-state index contributed by atoms with van der Waals surface area (Å²) in [5.74, 6) is -0.0647. The minimum Gasteiger partial charge on any atom is -0.392 e. The van der Waals surface area contributed by atoms with Gasteiger partial charge in [-0.15, -0.1) is 0 Å². The van der Waals surface area contributed by atoms with Crippen LogP contribution >= 0.6 is 0 Å². The van der Waals surface area contributed by atoms with E-state index in [4.69, 9.17) is 9.47 Å². The Balaban J connectivity index is 1.06. The van der Waals surface area contributed by atoms with E-state index in [1.807, 2.05) is 91.0 Å². The van der Waals surface area contributed by atoms with Crippen molar-refractivity contribution < 1.29 is 29.0 Å². The predicted molar refractivity (Wildman–Crippen MR) is 207 cm³/mol. The Labute approximate surface area is 316 Å². The van der Waals surface area contributed by atoms with Gasteiger partial charge < -0.3 is 40.3 Å². The van der Waals surface area contributed by atoms with Gasteiger partial charge in [-0.1, -0.05) is 91.9 Å². The van der Waals surface area contributed by atoms with Gasteiger partial charge in [0.15, 0.2) is 12.1 Å². The van der Waals surface area contributed by atoms with E-state index in [2.05, 4.69) is 44.8 Å². The summed E-state index contributed by atoms with van der Waals surface area (Å²) < 4.78 is 13.5. The highest BCUT2D eigenvalue weighted by molar-refractivity contribution is 5.94. The number of urea groups is 1. The molecule has 0 bridgehead atoms. The number of Topliss-reactive ketones (excluding diaryl/α,β-unsaturated/α-hetero) is 1. The summed E-state index contributed by atoms with van der Waals surface area (Å²) in [4.78, 5) is 43.5. The van der Waals surface area contributed by atoms with Gasteiger partial charge in [0.1, 0.15) is 5.54 Å². The smallest absolute Gasteiger partial charge is 0.319 e. The second-order valence-corrected chi connectivity index (χ2v) is 14.7. The fourth-order valence-electron chi connectivity index (χ4n) is 7.96. The van der Waals surface area contributed by atoms with Gasteiger partial charge in [-0.05, 0) is 67.1 Å². The van der Waals surface area contributed by atoms with E-state index in [1.54, 1.807) is 6.07 Å². The van der Waals surface area contributed by atoms with E-state index in [1.165, 1.54) is 6.92 Å². The summed E-state index contributed by atoms with van der Waals surface area (Å²) in [6, 6.07) is 33.8. The number of rotatable bonds is 11. The molecule has 0 aliphatic carbocycles. The van der Waals surface area contributed by atoms with Gasteiger partial charge in [-0.2, -0.15) is 0 Å². The number of amides is 3. The number of hydrogen-bond donors (Lipinski definition) is 4. The molecule has 0 radical (unpaired) electrons. The van der Waals surface area contributed by atoms with Crippen LogP contribution in [0.25, 0.3) is 0 Å². The standard InChI is InChI=1S/C43H49N5O6/c1-29-38(26-47-22-20-43(21-23-47)41(51)44-28-48(43)36-14-7-4-8-15-36)53-40(54-39(29)33-18-16-32(27-49)17-19-33)34-12-9-13-35(25-34)45-42(52)46-37(30(2)50)24-31-10-5-3-6-11-31/h3-19,25,29,37-40,49H,20-24,26-28H2,1-2H3,(H,44,51)(H2,45,46,52)/t29-,37+,38+,39+,40?/m0/s1. The number of carbonyl (C=O) groups is 3. The zero-order chi connectivity index (χ0) is 37.7. The van der Waals surface area contributed by atoms with Crippen molar-refractivity contribution in [1.82, 2.24) is 15.5 Å². The third-order valence-electron chi connectivity index (χ3n) is 11.1. The van der Waals surface area contributed by atoms with Gasteiger partial charge in [-0.25, -0.2) is 4.79 Å². The largest absolute Gasteiger partial charge is 0.392 e. The molecule has 3 heterocycles. The molecule has 0 aromatic heterocycles. The van der Waals surface area contributed by atoms with Crippen LogP contribution in [0.2, 0.25) is 0 Å². The SMILES string of the molecule is CC(=O)[C@@H](Cc1ccccc1)NC(=O)Nc1cccc(C2O[C@H](CN3CCC4(CC3)C(=O)NCN4c3ccccc3)[C@H](C)[C@H](c3ccc(CO)cc3)O2)c1. The van der Waals surface area contributed by atoms with E-state index < -0.39 is 23.9 Å². The molecular weight excluding hydrogens is 683 g/mol. The average molecular weight is 732 g/mol. The number of benzene rings is 4. The molecule has 0 saturated carbocycles. The van der Waals surface area contributed by atoms with Crippen LogP contribution in [0.4, 0.5) is 16.2 Å². The summed E-state index contributed by atoms with van der Waals surface area (Å²) in [5, 5.41) is 18.5. The van der Waals surface area contributed by atoms with Crippen LogP contribution < -0.4 is 20.9 Å². The number of aliphatic hydroxyl groups is 1. The van der Waals surface area contributed by atoms with Gasteiger partial charge in [0.25, 0.3) is 0 Å². The molecule has 4 aromatic rings. The maximum absolute atomic E-state index is 13.3. The van der Waals surface area contributed by atoms with Gasteiger partial charge in [0, 0.05) is 42.5 Å². The van der Waals surface area contributed by atoms with Crippen LogP contribution in [0.3, 0.4) is 0 Å². The number of aliphatic hydroxyl groups excluding tert-OH is 1. The van der Waals surface area contributed by atoms with E-state index >= 15 is 0 Å². The second-order valence-electron chi connectivity index (χ2n) is 14.7. The fraction of sp³-hybridized carbons (Fsp3) is 0.372. The zero-order valence-electron chi connectivity index (χ0n) is 30.8. The third kappa shape index (κ3) is 8.19. The molecule has 54 heavy (non-hydrogen) atoms. The molecule has 5 atom stereocenters. The maximum Gasteiger partial charge on any atom is 0.319 e. The summed E-state index contributed by atoms with van der Waals surface area (Å²) in [5.41, 5.74) is 4.51. The van der Waals surface area contributed by atoms with Crippen LogP contribution in [0.15, 0.2) is 109 Å². The molecular formula is C43H49N5O6. The van der Waals surface area contributed by atoms with Crippen molar-refractivity contribution in [2.75, 3.05) is 36.5 Å². The number of nitrogens with zero attached hydrogens (tertiary/aromatic N) is 2. The molecule has 3 saturated heterocycles. The molecule has 3 amide bonds. The quantitative estimate of drug-likeness (QED) is 0.154. The predicted octanol–water partition coefficient (Wildman–Crippen LogP) is 5.72. The van der Waals surface area contributed by atoms with Gasteiger partial charge in [-0.3, -0.25) is 9.59 Å². The first-order chi connectivity index (χ1) is 26.2. The van der Waals surface area contributed by atoms with E-state index in [0.29, 0.717) is 38.2 Å². The summed E-state index contributed by atoms with van der Waals surface area (Å²) >= 11 is 0. The highest BCUT2D eigenvalue weighted by Crippen LogP contribution is 2.43. The van der Waals surface area contributed by atoms with Crippen LogP contribution in [-0.2, 0) is 32.1 Å². The summed E-state index contributed by atoms with van der Waals surface area (Å²) in [6.45, 7) is 6.21. The molecule has 3 aliphatic heterocycles. The van der Waals surface area contributed by atoms with E-state index in [9.17, 15) is 19.5 Å². The monoisotopic (exact) mass is 731 g/mol. The zero-order valence-corrected chi connectivity index (χ0v) is 30.8. The Bertz CT molecular complexity index is 1900. The highest BCUT2D eigenvalue weighted by atomic mass is 16.7. The number of para-hydroxylation sites is 1. The topological polar surface area (TPSA) is 132 Å². The number of carbonyl (C=O) groups excluding carboxylic acids is 3. The maximum atomic E-state index is 13.3. The average Bonchev–Trinajstić information content (AvgIpc) is 3.51. The Morgan fingerprint density at radius 1 is 0.889 bits per heavy atom. The van der Waals surface area contributed by atoms with Crippen LogP contribution in [0, 0.1) is 5.92 Å². The number of likely N-dealkylation sites (tertiary alicyclic amines) is 1. The van der Waals surface area contributed by atoms with Crippen LogP contribution in [0.5, 0.6) is 0 Å². The number of hydrogen-bond acceptors (Lipinski definition) is 8. The van der Waals surface area contributed by atoms with E-state index in [-0.39, 0.29) is 36.4 Å². The minimum absolute atomic E-state index is 0.0204. The molecule has 4 aromatic carbocycles. The molecule has 3 fully saturated rings. The van der Waals surface area contributed by atoms with Gasteiger partial charge >= 0.3 is 6.03 Å². The molecule has 11 heteroatoms. The number of piperidine rings is 1. The van der Waals surface area contributed by atoms with Crippen molar-refractivity contribution >= 4 is 29.1 Å². The lowest BCUT2D eigenvalue weighted by atomic mass is 9.84. The van der Waals surface area contributed by atoms with Crippen molar-refractivity contribution in [3.8, 4) is 0 Å². The Morgan fingerprint density at radius 3 is 2.28 bits per heavy atom. The molecule has 11 nitrogen and oxygen atoms in total. The normalized spacial score (nSPS) is 23.1. The number of nitrogens with one attached hydrogen (secondary N) is 3. The number of ketones is 1. The molecule has 4 N–H and O–H groups in total. The van der Waals surface area contributed by atoms with Crippen molar-refractivity contribution in [2.45, 2.75) is 69.8 Å².